The van der Waals surface area contributed by atoms with E-state index in [9.17, 15) is 18.0 Å². The number of allylic oxidation sites excluding steroid dienone is 4. The molecule has 2 atom stereocenters. The van der Waals surface area contributed by atoms with Crippen LogP contribution in [0.25, 0.3) is 0 Å². The molecule has 1 saturated carbocycles. The summed E-state index contributed by atoms with van der Waals surface area (Å²) in [6, 6.07) is 0. The zero-order valence-electron chi connectivity index (χ0n) is 19.1. The zero-order chi connectivity index (χ0) is 22.3. The molecule has 5 nitrogen and oxygen atoms in total. The Morgan fingerprint density at radius 1 is 0.806 bits per heavy atom. The highest BCUT2D eigenvalue weighted by Crippen LogP contribution is 2.51. The van der Waals surface area contributed by atoms with Crippen molar-refractivity contribution in [3.05, 3.63) is 22.1 Å². The first-order valence-electron chi connectivity index (χ1n) is 12.5. The lowest BCUT2D eigenvalue weighted by Gasteiger charge is -2.22. The van der Waals surface area contributed by atoms with Crippen LogP contribution in [0.3, 0.4) is 0 Å². The highest BCUT2D eigenvalue weighted by molar-refractivity contribution is 7.94. The first-order chi connectivity index (χ1) is 15.0. The summed E-state index contributed by atoms with van der Waals surface area (Å²) in [4.78, 5) is 25.0. The maximum absolute atomic E-state index is 12.8. The molecular weight excluding hydrogens is 410 g/mol. The summed E-state index contributed by atoms with van der Waals surface area (Å²) in [5.41, 5.74) is 1.09. The minimum absolute atomic E-state index is 0.0756. The number of carbonyl (C=O) groups is 2. The Kier molecular flexibility index (Phi) is 9.08. The molecule has 0 aromatic rings. The summed E-state index contributed by atoms with van der Waals surface area (Å²) in [6.45, 7) is 2.56. The molecule has 0 amide bonds. The average molecular weight is 450 g/mol. The molecule has 2 unspecified atom stereocenters. The van der Waals surface area contributed by atoms with E-state index >= 15 is 0 Å². The summed E-state index contributed by atoms with van der Waals surface area (Å²) < 4.78 is 27.9. The predicted molar refractivity (Wildman–Crippen MR) is 124 cm³/mol. The second kappa shape index (κ2) is 11.6. The molecule has 0 saturated heterocycles. The first-order valence-corrected chi connectivity index (χ1v) is 14.0. The topological polar surface area (TPSA) is 80.3 Å². The van der Waals surface area contributed by atoms with Crippen molar-refractivity contribution in [1.29, 1.82) is 0 Å². The highest BCUT2D eigenvalue weighted by atomic mass is 32.2. The molecule has 0 aliphatic heterocycles. The van der Waals surface area contributed by atoms with E-state index in [-0.39, 0.29) is 22.5 Å². The van der Waals surface area contributed by atoms with Crippen LogP contribution in [-0.2, 0) is 19.6 Å². The number of rotatable bonds is 15. The van der Waals surface area contributed by atoms with Gasteiger partial charge in [-0.1, -0.05) is 77.6 Å². The van der Waals surface area contributed by atoms with Crippen LogP contribution in [0.1, 0.15) is 103 Å². The zero-order valence-corrected chi connectivity index (χ0v) is 19.9. The van der Waals surface area contributed by atoms with Crippen LogP contribution in [-0.4, -0.2) is 26.5 Å². The van der Waals surface area contributed by atoms with Crippen LogP contribution in [0.2, 0.25) is 0 Å². The van der Waals surface area contributed by atoms with Crippen molar-refractivity contribution >= 4 is 21.6 Å². The van der Waals surface area contributed by atoms with Crippen molar-refractivity contribution in [2.75, 3.05) is 6.54 Å². The monoisotopic (exact) mass is 449 g/mol. The van der Waals surface area contributed by atoms with Gasteiger partial charge in [0.05, 0.1) is 0 Å². The number of fused-ring (bicyclic) bond motifs is 4. The summed E-state index contributed by atoms with van der Waals surface area (Å²) in [5.74, 6) is -0.478. The van der Waals surface area contributed by atoms with Gasteiger partial charge in [0.25, 0.3) is 0 Å². The van der Waals surface area contributed by atoms with Crippen LogP contribution < -0.4 is 4.72 Å². The van der Waals surface area contributed by atoms with E-state index in [2.05, 4.69) is 11.6 Å². The van der Waals surface area contributed by atoms with Crippen LogP contribution in [0, 0.1) is 11.8 Å². The van der Waals surface area contributed by atoms with Gasteiger partial charge < -0.3 is 0 Å². The Morgan fingerprint density at radius 3 is 1.90 bits per heavy atom. The molecule has 31 heavy (non-hydrogen) atoms. The molecule has 0 aromatic heterocycles. The van der Waals surface area contributed by atoms with Gasteiger partial charge in [-0.2, -0.15) is 0 Å². The fourth-order valence-corrected chi connectivity index (χ4v) is 6.62. The summed E-state index contributed by atoms with van der Waals surface area (Å²) >= 11 is 0. The molecule has 0 spiro atoms. The molecule has 0 radical (unpaired) electrons. The third kappa shape index (κ3) is 6.16. The SMILES string of the molecule is CCCCCCCCCCCCCCNS(=O)(=O)C1=CC(=O)C2=C(C1=O)C1CCC2C1. The Balaban J connectivity index is 1.31. The number of hydrogen-bond donors (Lipinski definition) is 1. The van der Waals surface area contributed by atoms with Crippen LogP contribution >= 0.6 is 0 Å². The molecule has 0 heterocycles. The molecule has 1 N–H and O–H groups in total. The van der Waals surface area contributed by atoms with E-state index in [0.29, 0.717) is 17.7 Å². The lowest BCUT2D eigenvalue weighted by molar-refractivity contribution is -0.116. The Labute approximate surface area is 188 Å². The molecule has 0 aromatic carbocycles. The number of hydrogen-bond acceptors (Lipinski definition) is 4. The van der Waals surface area contributed by atoms with Gasteiger partial charge in [-0.25, -0.2) is 13.1 Å². The van der Waals surface area contributed by atoms with E-state index in [0.717, 1.165) is 44.6 Å². The van der Waals surface area contributed by atoms with Crippen molar-refractivity contribution < 1.29 is 18.0 Å². The standard InChI is InChI=1S/C25H39NO4S/c1-2-3-4-5-6-7-8-9-10-11-12-13-16-26-31(29,30)22-18-21(27)23-19-14-15-20(17-19)24(23)25(22)28/h18-20,26H,2-17H2,1H3. The maximum Gasteiger partial charge on any atom is 0.244 e. The lowest BCUT2D eigenvalue weighted by atomic mass is 9.84. The third-order valence-corrected chi connectivity index (χ3v) is 8.61. The van der Waals surface area contributed by atoms with Gasteiger partial charge in [0, 0.05) is 23.8 Å². The van der Waals surface area contributed by atoms with Crippen molar-refractivity contribution in [2.45, 2.75) is 103 Å². The minimum atomic E-state index is -3.93. The molecule has 3 aliphatic carbocycles. The number of unbranched alkanes of at least 4 members (excludes halogenated alkanes) is 11. The van der Waals surface area contributed by atoms with Gasteiger partial charge >= 0.3 is 0 Å². The second-order valence-electron chi connectivity index (χ2n) is 9.52. The van der Waals surface area contributed by atoms with E-state index in [1.165, 1.54) is 57.8 Å². The fraction of sp³-hybridized carbons (Fsp3) is 0.760. The number of sulfonamides is 1. The van der Waals surface area contributed by atoms with Crippen LogP contribution in [0.15, 0.2) is 22.1 Å². The highest BCUT2D eigenvalue weighted by Gasteiger charge is 2.48. The number of nitrogens with one attached hydrogen (secondary N) is 1. The maximum atomic E-state index is 12.8. The van der Waals surface area contributed by atoms with Gasteiger partial charge in [-0.05, 0) is 37.5 Å². The van der Waals surface area contributed by atoms with Crippen molar-refractivity contribution in [2.24, 2.45) is 11.8 Å². The molecule has 3 aliphatic rings. The molecule has 6 heteroatoms. The van der Waals surface area contributed by atoms with Gasteiger partial charge in [-0.15, -0.1) is 0 Å². The summed E-state index contributed by atoms with van der Waals surface area (Å²) in [7, 11) is -3.93. The second-order valence-corrected chi connectivity index (χ2v) is 11.3. The first kappa shape index (κ1) is 24.4. The quantitative estimate of drug-likeness (QED) is 0.269. The minimum Gasteiger partial charge on any atom is -0.290 e. The normalized spacial score (nSPS) is 22.9. The summed E-state index contributed by atoms with van der Waals surface area (Å²) in [5, 5.41) is 0. The predicted octanol–water partition coefficient (Wildman–Crippen LogP) is 5.37. The lowest BCUT2D eigenvalue weighted by Crippen LogP contribution is -2.34. The Morgan fingerprint density at radius 2 is 1.32 bits per heavy atom. The molecule has 2 bridgehead atoms. The van der Waals surface area contributed by atoms with Crippen molar-refractivity contribution in [1.82, 2.24) is 4.72 Å². The van der Waals surface area contributed by atoms with E-state index in [1.807, 2.05) is 0 Å². The number of Topliss-reactive ketones (excluding diaryl/α,β-unsaturated/α-hetero) is 1. The van der Waals surface area contributed by atoms with Crippen molar-refractivity contribution in [3.8, 4) is 0 Å². The van der Waals surface area contributed by atoms with Gasteiger partial charge in [0.15, 0.2) is 5.78 Å². The molecule has 174 valence electrons. The summed E-state index contributed by atoms with van der Waals surface area (Å²) in [6.07, 6.45) is 18.3. The Bertz CT molecular complexity index is 824. The van der Waals surface area contributed by atoms with Gasteiger partial charge in [0.1, 0.15) is 4.91 Å². The molecule has 1 fully saturated rings. The van der Waals surface area contributed by atoms with Crippen molar-refractivity contribution in [3.63, 3.8) is 0 Å². The largest absolute Gasteiger partial charge is 0.290 e. The van der Waals surface area contributed by atoms with E-state index < -0.39 is 15.8 Å². The van der Waals surface area contributed by atoms with Gasteiger partial charge in [-0.3, -0.25) is 9.59 Å². The molecular formula is C25H39NO4S. The number of carbonyl (C=O) groups excluding carboxylic acids is 2. The van der Waals surface area contributed by atoms with E-state index in [1.54, 1.807) is 0 Å². The smallest absolute Gasteiger partial charge is 0.244 e. The van der Waals surface area contributed by atoms with E-state index in [4.69, 9.17) is 0 Å². The third-order valence-electron chi connectivity index (χ3n) is 7.15. The average Bonchev–Trinajstić information content (AvgIpc) is 3.36. The fourth-order valence-electron chi connectivity index (χ4n) is 5.43. The van der Waals surface area contributed by atoms with Crippen LogP contribution in [0.5, 0.6) is 0 Å². The molecule has 3 rings (SSSR count). The van der Waals surface area contributed by atoms with Crippen LogP contribution in [0.4, 0.5) is 0 Å². The number of ketones is 2. The van der Waals surface area contributed by atoms with Gasteiger partial charge in [0.2, 0.25) is 15.8 Å². The Hall–Kier alpha value is -1.27.